The number of aromatic amines is 1. The lowest BCUT2D eigenvalue weighted by atomic mass is 9.97. The van der Waals surface area contributed by atoms with Gasteiger partial charge in [-0.2, -0.15) is 0 Å². The summed E-state index contributed by atoms with van der Waals surface area (Å²) >= 11 is 0. The summed E-state index contributed by atoms with van der Waals surface area (Å²) in [7, 11) is 0. The molecule has 1 aliphatic heterocycles. The van der Waals surface area contributed by atoms with E-state index < -0.39 is 0 Å². The number of para-hydroxylation sites is 1. The first-order chi connectivity index (χ1) is 12.1. The summed E-state index contributed by atoms with van der Waals surface area (Å²) in [6.45, 7) is 2.60. The fraction of sp³-hybridized carbons (Fsp3) is 0.250. The molecule has 4 nitrogen and oxygen atoms in total. The van der Waals surface area contributed by atoms with Gasteiger partial charge >= 0.3 is 0 Å². The number of halogens is 1. The van der Waals surface area contributed by atoms with E-state index in [1.54, 1.807) is 12.2 Å². The van der Waals surface area contributed by atoms with E-state index in [2.05, 4.69) is 34.7 Å². The molecule has 2 unspecified atom stereocenters. The molecule has 2 aliphatic rings. The highest BCUT2D eigenvalue weighted by Crippen LogP contribution is 2.26. The molecule has 0 radical (unpaired) electrons. The first-order valence-corrected chi connectivity index (χ1v) is 8.50. The van der Waals surface area contributed by atoms with E-state index in [9.17, 15) is 9.18 Å². The van der Waals surface area contributed by atoms with Crippen molar-refractivity contribution in [2.45, 2.75) is 19.4 Å². The van der Waals surface area contributed by atoms with Crippen molar-refractivity contribution in [3.63, 3.8) is 0 Å². The van der Waals surface area contributed by atoms with Gasteiger partial charge in [-0.3, -0.25) is 4.79 Å². The lowest BCUT2D eigenvalue weighted by Gasteiger charge is -2.16. The number of benzene rings is 1. The molecule has 2 heterocycles. The van der Waals surface area contributed by atoms with Gasteiger partial charge in [-0.1, -0.05) is 24.3 Å². The maximum Gasteiger partial charge on any atom is 0.267 e. The van der Waals surface area contributed by atoms with E-state index in [1.165, 1.54) is 23.1 Å². The molecule has 0 saturated carbocycles. The average Bonchev–Trinajstić information content (AvgIpc) is 3.15. The number of hydrogen-bond acceptors (Lipinski definition) is 2. The van der Waals surface area contributed by atoms with Gasteiger partial charge in [0, 0.05) is 29.1 Å². The Hall–Kier alpha value is -2.82. The number of allylic oxidation sites excluding steroid dienone is 2. The van der Waals surface area contributed by atoms with Gasteiger partial charge in [-0.15, -0.1) is 0 Å². The number of aromatic nitrogens is 1. The Balaban J connectivity index is 1.39. The third-order valence-electron chi connectivity index (χ3n) is 4.84. The molecule has 3 N–H and O–H groups in total. The molecule has 25 heavy (non-hydrogen) atoms. The number of carbonyl (C=O) groups excluding carboxylic acids is 1. The maximum absolute atomic E-state index is 13.3. The van der Waals surface area contributed by atoms with Gasteiger partial charge < -0.3 is 15.6 Å². The quantitative estimate of drug-likeness (QED) is 0.803. The number of hydrogen-bond donors (Lipinski definition) is 3. The lowest BCUT2D eigenvalue weighted by molar-refractivity contribution is -0.117. The van der Waals surface area contributed by atoms with Crippen molar-refractivity contribution in [1.82, 2.24) is 15.6 Å². The van der Waals surface area contributed by atoms with Gasteiger partial charge in [0.15, 0.2) is 0 Å². The van der Waals surface area contributed by atoms with E-state index in [0.717, 1.165) is 17.6 Å². The van der Waals surface area contributed by atoms with Crippen LogP contribution in [0.1, 0.15) is 11.3 Å². The van der Waals surface area contributed by atoms with Crippen molar-refractivity contribution < 1.29 is 9.18 Å². The van der Waals surface area contributed by atoms with Gasteiger partial charge in [-0.05, 0) is 43.2 Å². The van der Waals surface area contributed by atoms with Gasteiger partial charge in [0.2, 0.25) is 0 Å². The molecule has 128 valence electrons. The maximum atomic E-state index is 13.3. The van der Waals surface area contributed by atoms with Gasteiger partial charge in [0.25, 0.3) is 5.91 Å². The highest BCUT2D eigenvalue weighted by atomic mass is 19.1. The molecule has 2 aromatic rings. The van der Waals surface area contributed by atoms with Crippen LogP contribution in [0.15, 0.2) is 60.1 Å². The summed E-state index contributed by atoms with van der Waals surface area (Å²) in [6.07, 6.45) is 7.28. The number of amides is 1. The minimum atomic E-state index is -0.254. The SMILES string of the molecule is Cc1[nH]c2ccccc2c1CCNC(=O)C1=CC2C=C(F)C=CC2N1. The van der Waals surface area contributed by atoms with Crippen LogP contribution in [0.2, 0.25) is 0 Å². The fourth-order valence-electron chi connectivity index (χ4n) is 3.58. The minimum Gasteiger partial charge on any atom is -0.374 e. The van der Waals surface area contributed by atoms with Crippen LogP contribution in [0, 0.1) is 12.8 Å². The molecule has 1 aliphatic carbocycles. The highest BCUT2D eigenvalue weighted by molar-refractivity contribution is 5.93. The number of rotatable bonds is 4. The summed E-state index contributed by atoms with van der Waals surface area (Å²) < 4.78 is 13.3. The standard InChI is InChI=1S/C20H20FN3O/c1-12-15(16-4-2-3-5-18(16)23-12)8-9-22-20(25)19-11-13-10-14(21)6-7-17(13)24-19/h2-7,10-11,13,17,23-24H,8-9H2,1H3,(H,22,25). The molecule has 0 fully saturated rings. The smallest absolute Gasteiger partial charge is 0.267 e. The van der Waals surface area contributed by atoms with Crippen LogP contribution < -0.4 is 10.6 Å². The van der Waals surface area contributed by atoms with Crippen LogP contribution in [-0.2, 0) is 11.2 Å². The van der Waals surface area contributed by atoms with Crippen molar-refractivity contribution in [3.8, 4) is 0 Å². The van der Waals surface area contributed by atoms with Crippen LogP contribution in [0.4, 0.5) is 4.39 Å². The predicted octanol–water partition coefficient (Wildman–Crippen LogP) is 3.03. The normalized spacial score (nSPS) is 21.5. The van der Waals surface area contributed by atoms with Gasteiger partial charge in [0.1, 0.15) is 5.83 Å². The van der Waals surface area contributed by atoms with Crippen molar-refractivity contribution in [3.05, 3.63) is 71.4 Å². The van der Waals surface area contributed by atoms with E-state index in [-0.39, 0.29) is 23.7 Å². The molecule has 1 amide bonds. The molecular formula is C20H20FN3O. The van der Waals surface area contributed by atoms with Crippen LogP contribution in [-0.4, -0.2) is 23.5 Å². The van der Waals surface area contributed by atoms with Crippen molar-refractivity contribution >= 4 is 16.8 Å². The van der Waals surface area contributed by atoms with E-state index in [4.69, 9.17) is 0 Å². The molecule has 2 atom stereocenters. The Morgan fingerprint density at radius 2 is 2.12 bits per heavy atom. The Kier molecular flexibility index (Phi) is 3.92. The summed E-state index contributed by atoms with van der Waals surface area (Å²) in [4.78, 5) is 15.7. The predicted molar refractivity (Wildman–Crippen MR) is 96.6 cm³/mol. The second-order valence-electron chi connectivity index (χ2n) is 6.52. The molecular weight excluding hydrogens is 317 g/mol. The van der Waals surface area contributed by atoms with Gasteiger partial charge in [0.05, 0.1) is 11.7 Å². The number of nitrogens with one attached hydrogen (secondary N) is 3. The molecule has 5 heteroatoms. The van der Waals surface area contributed by atoms with E-state index in [1.807, 2.05) is 12.1 Å². The molecule has 4 rings (SSSR count). The summed E-state index contributed by atoms with van der Waals surface area (Å²) in [5, 5.41) is 7.29. The minimum absolute atomic E-state index is 0.0314. The summed E-state index contributed by atoms with van der Waals surface area (Å²) in [5.41, 5.74) is 3.99. The molecule has 1 aromatic heterocycles. The van der Waals surface area contributed by atoms with Crippen molar-refractivity contribution in [1.29, 1.82) is 0 Å². The Morgan fingerprint density at radius 3 is 3.00 bits per heavy atom. The average molecular weight is 337 g/mol. The van der Waals surface area contributed by atoms with Crippen LogP contribution in [0.5, 0.6) is 0 Å². The third kappa shape index (κ3) is 2.97. The summed E-state index contributed by atoms with van der Waals surface area (Å²) in [5.74, 6) is -0.494. The molecule has 0 spiro atoms. The largest absolute Gasteiger partial charge is 0.374 e. The molecule has 0 saturated heterocycles. The Labute approximate surface area is 145 Å². The first-order valence-electron chi connectivity index (χ1n) is 8.50. The molecule has 0 bridgehead atoms. The monoisotopic (exact) mass is 337 g/mol. The van der Waals surface area contributed by atoms with Crippen LogP contribution >= 0.6 is 0 Å². The topological polar surface area (TPSA) is 56.9 Å². The lowest BCUT2D eigenvalue weighted by Crippen LogP contribution is -2.35. The van der Waals surface area contributed by atoms with E-state index >= 15 is 0 Å². The number of fused-ring (bicyclic) bond motifs is 2. The van der Waals surface area contributed by atoms with Crippen LogP contribution in [0.25, 0.3) is 10.9 Å². The zero-order valence-electron chi connectivity index (χ0n) is 14.0. The Morgan fingerprint density at radius 1 is 1.28 bits per heavy atom. The highest BCUT2D eigenvalue weighted by Gasteiger charge is 2.28. The zero-order chi connectivity index (χ0) is 17.4. The van der Waals surface area contributed by atoms with Crippen molar-refractivity contribution in [2.75, 3.05) is 6.54 Å². The van der Waals surface area contributed by atoms with Crippen molar-refractivity contribution in [2.24, 2.45) is 5.92 Å². The number of carbonyl (C=O) groups is 1. The number of H-pyrrole nitrogens is 1. The number of aryl methyl sites for hydroxylation is 1. The van der Waals surface area contributed by atoms with Crippen LogP contribution in [0.3, 0.4) is 0 Å². The second-order valence-corrected chi connectivity index (χ2v) is 6.52. The first kappa shape index (κ1) is 15.7. The second kappa shape index (κ2) is 6.24. The fourth-order valence-corrected chi connectivity index (χ4v) is 3.58. The summed E-state index contributed by atoms with van der Waals surface area (Å²) in [6, 6.07) is 8.14. The Bertz CT molecular complexity index is 922. The zero-order valence-corrected chi connectivity index (χ0v) is 14.0. The van der Waals surface area contributed by atoms with E-state index in [0.29, 0.717) is 12.2 Å². The molecule has 1 aromatic carbocycles. The van der Waals surface area contributed by atoms with Gasteiger partial charge in [-0.25, -0.2) is 4.39 Å². The third-order valence-corrected chi connectivity index (χ3v) is 4.84.